The molecular weight excluding hydrogens is 284 g/mol. The first-order valence-corrected chi connectivity index (χ1v) is 7.56. The predicted molar refractivity (Wildman–Crippen MR) is 81.5 cm³/mol. The zero-order valence-corrected chi connectivity index (χ0v) is 13.5. The molecule has 0 saturated heterocycles. The van der Waals surface area contributed by atoms with Gasteiger partial charge in [0.05, 0.1) is 4.90 Å². The average Bonchev–Trinajstić information content (AvgIpc) is 2.26. The summed E-state index contributed by atoms with van der Waals surface area (Å²) < 4.78 is 27.2. The second kappa shape index (κ2) is 7.24. The fraction of sp³-hybridized carbons (Fsp3) is 0.538. The third kappa shape index (κ3) is 4.18. The third-order valence-electron chi connectivity index (χ3n) is 3.24. The van der Waals surface area contributed by atoms with E-state index in [-0.39, 0.29) is 12.4 Å². The third-order valence-corrected chi connectivity index (χ3v) is 4.97. The molecule has 0 spiro atoms. The van der Waals surface area contributed by atoms with Gasteiger partial charge in [-0.05, 0) is 62.9 Å². The van der Waals surface area contributed by atoms with E-state index in [4.69, 9.17) is 5.73 Å². The second-order valence-corrected chi connectivity index (χ2v) is 6.33. The van der Waals surface area contributed by atoms with Crippen LogP contribution in [0.3, 0.4) is 0 Å². The number of rotatable bonds is 5. The Labute approximate surface area is 122 Å². The van der Waals surface area contributed by atoms with Crippen molar-refractivity contribution in [3.8, 4) is 0 Å². The molecule has 1 rings (SSSR count). The fourth-order valence-corrected chi connectivity index (χ4v) is 3.65. The van der Waals surface area contributed by atoms with Gasteiger partial charge in [0.25, 0.3) is 0 Å². The summed E-state index contributed by atoms with van der Waals surface area (Å²) in [6.07, 6.45) is 0.641. The van der Waals surface area contributed by atoms with Gasteiger partial charge in [-0.1, -0.05) is 6.07 Å². The molecule has 0 aliphatic rings. The number of benzene rings is 1. The van der Waals surface area contributed by atoms with Crippen LogP contribution in [-0.4, -0.2) is 21.5 Å². The smallest absolute Gasteiger partial charge is 0.241 e. The molecule has 0 aromatic heterocycles. The number of nitrogens with two attached hydrogens (primary N) is 1. The Morgan fingerprint density at radius 2 is 1.58 bits per heavy atom. The lowest BCUT2D eigenvalue weighted by Gasteiger charge is -2.16. The Balaban J connectivity index is 0.00000324. The van der Waals surface area contributed by atoms with Crippen LogP contribution in [0.5, 0.6) is 0 Å². The van der Waals surface area contributed by atoms with Gasteiger partial charge in [0.15, 0.2) is 0 Å². The lowest BCUT2D eigenvalue weighted by atomic mass is 10.0. The van der Waals surface area contributed by atoms with Crippen LogP contribution in [0, 0.1) is 27.7 Å². The highest BCUT2D eigenvalue weighted by atomic mass is 35.5. The van der Waals surface area contributed by atoms with Crippen LogP contribution in [0.15, 0.2) is 11.0 Å². The zero-order valence-electron chi connectivity index (χ0n) is 11.9. The van der Waals surface area contributed by atoms with Crippen molar-refractivity contribution in [3.63, 3.8) is 0 Å². The summed E-state index contributed by atoms with van der Waals surface area (Å²) in [5.74, 6) is 0. The van der Waals surface area contributed by atoms with Crippen molar-refractivity contribution in [1.29, 1.82) is 0 Å². The van der Waals surface area contributed by atoms with Crippen LogP contribution in [0.2, 0.25) is 0 Å². The number of halogens is 1. The Morgan fingerprint density at radius 3 is 2.00 bits per heavy atom. The number of hydrogen-bond acceptors (Lipinski definition) is 3. The van der Waals surface area contributed by atoms with Crippen molar-refractivity contribution in [3.05, 3.63) is 28.3 Å². The molecule has 0 bridgehead atoms. The van der Waals surface area contributed by atoms with Crippen LogP contribution in [0.1, 0.15) is 28.7 Å². The minimum atomic E-state index is -3.44. The molecule has 6 heteroatoms. The van der Waals surface area contributed by atoms with Gasteiger partial charge in [0.1, 0.15) is 0 Å². The molecule has 0 radical (unpaired) electrons. The van der Waals surface area contributed by atoms with Crippen LogP contribution in [0.25, 0.3) is 0 Å². The first kappa shape index (κ1) is 18.4. The SMILES string of the molecule is Cc1cc(C)c(C)c(S(=O)(=O)NCCCN)c1C.Cl. The number of hydrogen-bond donors (Lipinski definition) is 2. The van der Waals surface area contributed by atoms with Gasteiger partial charge in [0.2, 0.25) is 10.0 Å². The molecule has 0 heterocycles. The van der Waals surface area contributed by atoms with Crippen molar-refractivity contribution in [2.75, 3.05) is 13.1 Å². The second-order valence-electron chi connectivity index (χ2n) is 4.63. The highest BCUT2D eigenvalue weighted by Gasteiger charge is 2.21. The van der Waals surface area contributed by atoms with Crippen molar-refractivity contribution in [2.45, 2.75) is 39.0 Å². The molecule has 0 fully saturated rings. The van der Waals surface area contributed by atoms with Crippen molar-refractivity contribution in [2.24, 2.45) is 5.73 Å². The summed E-state index contributed by atoms with van der Waals surface area (Å²) in [6.45, 7) is 8.41. The van der Waals surface area contributed by atoms with Crippen LogP contribution in [-0.2, 0) is 10.0 Å². The molecule has 0 aliphatic heterocycles. The van der Waals surface area contributed by atoms with Crippen LogP contribution >= 0.6 is 12.4 Å². The number of sulfonamides is 1. The molecule has 19 heavy (non-hydrogen) atoms. The predicted octanol–water partition coefficient (Wildman–Crippen LogP) is 1.97. The molecule has 0 atom stereocenters. The van der Waals surface area contributed by atoms with E-state index in [0.29, 0.717) is 24.4 Å². The Hall–Kier alpha value is -0.620. The van der Waals surface area contributed by atoms with Gasteiger partial charge in [-0.15, -0.1) is 12.4 Å². The number of nitrogens with one attached hydrogen (secondary N) is 1. The summed E-state index contributed by atoms with van der Waals surface area (Å²) in [6, 6.07) is 2.02. The van der Waals surface area contributed by atoms with E-state index >= 15 is 0 Å². The molecule has 0 aliphatic carbocycles. The average molecular weight is 307 g/mol. The van der Waals surface area contributed by atoms with E-state index in [1.807, 2.05) is 33.8 Å². The normalized spacial score (nSPS) is 11.2. The van der Waals surface area contributed by atoms with Crippen molar-refractivity contribution >= 4 is 22.4 Å². The van der Waals surface area contributed by atoms with E-state index in [1.54, 1.807) is 0 Å². The van der Waals surface area contributed by atoms with Crippen LogP contribution < -0.4 is 10.5 Å². The molecule has 3 N–H and O–H groups in total. The van der Waals surface area contributed by atoms with Gasteiger partial charge >= 0.3 is 0 Å². The van der Waals surface area contributed by atoms with E-state index in [2.05, 4.69) is 4.72 Å². The van der Waals surface area contributed by atoms with Crippen LogP contribution in [0.4, 0.5) is 0 Å². The summed E-state index contributed by atoms with van der Waals surface area (Å²) in [5.41, 5.74) is 9.00. The quantitative estimate of drug-likeness (QED) is 0.817. The maximum Gasteiger partial charge on any atom is 0.241 e. The molecule has 4 nitrogen and oxygen atoms in total. The zero-order chi connectivity index (χ0) is 13.9. The van der Waals surface area contributed by atoms with Gasteiger partial charge in [-0.2, -0.15) is 0 Å². The van der Waals surface area contributed by atoms with Gasteiger partial charge in [-0.25, -0.2) is 13.1 Å². The van der Waals surface area contributed by atoms with Gasteiger partial charge < -0.3 is 5.73 Å². The first-order chi connectivity index (χ1) is 8.31. The highest BCUT2D eigenvalue weighted by molar-refractivity contribution is 7.89. The van der Waals surface area contributed by atoms with E-state index < -0.39 is 10.0 Å². The van der Waals surface area contributed by atoms with E-state index in [0.717, 1.165) is 22.3 Å². The maximum atomic E-state index is 12.3. The summed E-state index contributed by atoms with van der Waals surface area (Å²) in [4.78, 5) is 0.414. The van der Waals surface area contributed by atoms with Crippen molar-refractivity contribution < 1.29 is 8.42 Å². The summed E-state index contributed by atoms with van der Waals surface area (Å²) in [5, 5.41) is 0. The Morgan fingerprint density at radius 1 is 1.11 bits per heavy atom. The molecule has 1 aromatic rings. The maximum absolute atomic E-state index is 12.3. The first-order valence-electron chi connectivity index (χ1n) is 6.08. The molecule has 110 valence electrons. The number of aryl methyl sites for hydroxylation is 2. The minimum Gasteiger partial charge on any atom is -0.330 e. The fourth-order valence-electron chi connectivity index (χ4n) is 1.96. The highest BCUT2D eigenvalue weighted by Crippen LogP contribution is 2.25. The van der Waals surface area contributed by atoms with Crippen molar-refractivity contribution in [1.82, 2.24) is 4.72 Å². The minimum absolute atomic E-state index is 0. The topological polar surface area (TPSA) is 72.2 Å². The molecular formula is C13H23ClN2O2S. The van der Waals surface area contributed by atoms with Gasteiger partial charge in [-0.3, -0.25) is 0 Å². The van der Waals surface area contributed by atoms with Gasteiger partial charge in [0, 0.05) is 6.54 Å². The lowest BCUT2D eigenvalue weighted by molar-refractivity contribution is 0.578. The molecule has 0 unspecified atom stereocenters. The lowest BCUT2D eigenvalue weighted by Crippen LogP contribution is -2.28. The molecule has 1 aromatic carbocycles. The molecule has 0 saturated carbocycles. The summed E-state index contributed by atoms with van der Waals surface area (Å²) in [7, 11) is -3.44. The monoisotopic (exact) mass is 306 g/mol. The molecule has 0 amide bonds. The standard InChI is InChI=1S/C13H22N2O2S.ClH/c1-9-8-10(2)12(4)13(11(9)3)18(16,17)15-7-5-6-14;/h8,15H,5-7,14H2,1-4H3;1H. The van der Waals surface area contributed by atoms with E-state index in [1.165, 1.54) is 0 Å². The Bertz CT molecular complexity index is 516. The van der Waals surface area contributed by atoms with E-state index in [9.17, 15) is 8.42 Å². The Kier molecular flexibility index (Phi) is 7.00. The summed E-state index contributed by atoms with van der Waals surface area (Å²) >= 11 is 0. The largest absolute Gasteiger partial charge is 0.330 e.